The Morgan fingerprint density at radius 1 is 1.05 bits per heavy atom. The van der Waals surface area contributed by atoms with Crippen molar-refractivity contribution in [1.29, 1.82) is 0 Å². The number of halogens is 1. The third kappa shape index (κ3) is 3.74. The number of hydrogen-bond donors (Lipinski definition) is 2. The summed E-state index contributed by atoms with van der Waals surface area (Å²) in [4.78, 5) is 0. The van der Waals surface area contributed by atoms with Crippen LogP contribution in [0.2, 0.25) is 10.2 Å². The Morgan fingerprint density at radius 2 is 1.63 bits per heavy atom. The standard InChI is InChI=1S/C14H14AsClO3/c16-13-8-6-12(7-9-13)15(18,19)10-14(17)11-4-2-1-3-5-11/h1-9,14,17H,10H2,(H,18,19). The molecular formula is C14H14AsClO3. The SMILES string of the molecule is O=[As](O)(CC(O)c1ccccc1)c1ccc(Cl)cc1. The van der Waals surface area contributed by atoms with Crippen molar-refractivity contribution in [1.82, 2.24) is 0 Å². The molecular weight excluding hydrogens is 327 g/mol. The summed E-state index contributed by atoms with van der Waals surface area (Å²) >= 11 is 1.47. The van der Waals surface area contributed by atoms with Crippen molar-refractivity contribution in [3.05, 3.63) is 65.2 Å². The van der Waals surface area contributed by atoms with Gasteiger partial charge < -0.3 is 0 Å². The van der Waals surface area contributed by atoms with E-state index in [0.717, 1.165) is 0 Å². The Hall–Kier alpha value is -0.992. The third-order valence-corrected chi connectivity index (χ3v) is 7.17. The molecule has 0 radical (unpaired) electrons. The van der Waals surface area contributed by atoms with Gasteiger partial charge >= 0.3 is 119 Å². The summed E-state index contributed by atoms with van der Waals surface area (Å²) in [6, 6.07) is 15.1. The molecule has 0 bridgehead atoms. The van der Waals surface area contributed by atoms with Crippen molar-refractivity contribution < 1.29 is 12.9 Å². The van der Waals surface area contributed by atoms with Crippen LogP contribution < -0.4 is 4.35 Å². The normalized spacial score (nSPS) is 15.7. The Kier molecular flexibility index (Phi) is 4.53. The van der Waals surface area contributed by atoms with Crippen molar-refractivity contribution >= 4 is 29.8 Å². The predicted octanol–water partition coefficient (Wildman–Crippen LogP) is 2.15. The molecule has 0 saturated carbocycles. The molecule has 2 aromatic carbocycles. The fraction of sp³-hybridized carbons (Fsp3) is 0.143. The molecule has 5 heteroatoms. The number of rotatable bonds is 4. The summed E-state index contributed by atoms with van der Waals surface area (Å²) in [5.74, 6) is 0. The van der Waals surface area contributed by atoms with Crippen molar-refractivity contribution in [2.45, 2.75) is 11.3 Å². The van der Waals surface area contributed by atoms with Crippen molar-refractivity contribution in [3.63, 3.8) is 0 Å². The minimum absolute atomic E-state index is 0.149. The molecule has 0 heterocycles. The minimum atomic E-state index is -4.28. The molecule has 2 rings (SSSR count). The number of aliphatic hydroxyl groups excluding tert-OH is 1. The first kappa shape index (κ1) is 14.4. The maximum atomic E-state index is 12.3. The van der Waals surface area contributed by atoms with E-state index in [0.29, 0.717) is 14.9 Å². The first-order chi connectivity index (χ1) is 8.99. The summed E-state index contributed by atoms with van der Waals surface area (Å²) in [6.45, 7) is 0. The topological polar surface area (TPSA) is 57.5 Å². The van der Waals surface area contributed by atoms with Crippen molar-refractivity contribution in [2.75, 3.05) is 0 Å². The number of hydrogen-bond acceptors (Lipinski definition) is 2. The van der Waals surface area contributed by atoms with Gasteiger partial charge in [-0.15, -0.1) is 0 Å². The van der Waals surface area contributed by atoms with Gasteiger partial charge in [0.15, 0.2) is 0 Å². The molecule has 0 aromatic heterocycles. The predicted molar refractivity (Wildman–Crippen MR) is 76.0 cm³/mol. The fourth-order valence-electron chi connectivity index (χ4n) is 1.79. The van der Waals surface area contributed by atoms with E-state index in [4.69, 9.17) is 11.6 Å². The summed E-state index contributed by atoms with van der Waals surface area (Å²) < 4.78 is 22.8. The van der Waals surface area contributed by atoms with Gasteiger partial charge in [-0.25, -0.2) is 0 Å². The molecule has 2 N–H and O–H groups in total. The monoisotopic (exact) mass is 340 g/mol. The van der Waals surface area contributed by atoms with Gasteiger partial charge in [-0.2, -0.15) is 0 Å². The molecule has 2 atom stereocenters. The van der Waals surface area contributed by atoms with Crippen LogP contribution in [0.3, 0.4) is 0 Å². The zero-order valence-corrected chi connectivity index (χ0v) is 12.7. The van der Waals surface area contributed by atoms with Gasteiger partial charge in [0, 0.05) is 0 Å². The molecule has 0 aliphatic carbocycles. The van der Waals surface area contributed by atoms with E-state index in [9.17, 15) is 12.9 Å². The van der Waals surface area contributed by atoms with Gasteiger partial charge in [-0.3, -0.25) is 0 Å². The molecule has 3 nitrogen and oxygen atoms in total. The van der Waals surface area contributed by atoms with Gasteiger partial charge in [0.25, 0.3) is 0 Å². The maximum absolute atomic E-state index is 12.3. The van der Waals surface area contributed by atoms with Crippen LogP contribution in [-0.2, 0) is 3.74 Å². The van der Waals surface area contributed by atoms with Gasteiger partial charge in [-0.1, -0.05) is 0 Å². The van der Waals surface area contributed by atoms with E-state index >= 15 is 0 Å². The summed E-state index contributed by atoms with van der Waals surface area (Å²) in [6.07, 6.45) is -0.938. The molecule has 2 aromatic rings. The average Bonchev–Trinajstić information content (AvgIpc) is 2.40. The molecule has 0 aliphatic heterocycles. The second-order valence-electron chi connectivity index (χ2n) is 4.29. The van der Waals surface area contributed by atoms with E-state index in [1.807, 2.05) is 6.07 Å². The molecule has 2 unspecified atom stereocenters. The van der Waals surface area contributed by atoms with Crippen LogP contribution in [0.5, 0.6) is 0 Å². The molecule has 0 spiro atoms. The quantitative estimate of drug-likeness (QED) is 0.839. The van der Waals surface area contributed by atoms with Crippen molar-refractivity contribution in [2.24, 2.45) is 0 Å². The average molecular weight is 341 g/mol. The molecule has 0 amide bonds. The van der Waals surface area contributed by atoms with E-state index in [1.54, 1.807) is 48.5 Å². The van der Waals surface area contributed by atoms with Crippen LogP contribution >= 0.6 is 11.6 Å². The number of aliphatic hydroxyl groups is 1. The molecule has 100 valence electrons. The zero-order chi connectivity index (χ0) is 13.9. The Balaban J connectivity index is 2.17. The Labute approximate surface area is 119 Å². The molecule has 0 aliphatic rings. The first-order valence-electron chi connectivity index (χ1n) is 5.80. The van der Waals surface area contributed by atoms with Gasteiger partial charge in [0.05, 0.1) is 0 Å². The summed E-state index contributed by atoms with van der Waals surface area (Å²) in [5.41, 5.74) is 0.646. The van der Waals surface area contributed by atoms with Crippen LogP contribution in [0.4, 0.5) is 0 Å². The van der Waals surface area contributed by atoms with Gasteiger partial charge in [0.1, 0.15) is 0 Å². The van der Waals surface area contributed by atoms with Crippen molar-refractivity contribution in [3.8, 4) is 0 Å². The van der Waals surface area contributed by atoms with Crippen LogP contribution in [0.1, 0.15) is 11.7 Å². The van der Waals surface area contributed by atoms with Gasteiger partial charge in [0.2, 0.25) is 0 Å². The molecule has 19 heavy (non-hydrogen) atoms. The van der Waals surface area contributed by atoms with E-state index < -0.39 is 19.9 Å². The second kappa shape index (κ2) is 5.98. The van der Waals surface area contributed by atoms with E-state index in [-0.39, 0.29) is 5.21 Å². The van der Waals surface area contributed by atoms with Crippen LogP contribution in [0.25, 0.3) is 0 Å². The van der Waals surface area contributed by atoms with Crippen LogP contribution in [0, 0.1) is 0 Å². The fourth-order valence-corrected chi connectivity index (χ4v) is 5.08. The zero-order valence-electron chi connectivity index (χ0n) is 10.1. The van der Waals surface area contributed by atoms with E-state index in [2.05, 4.69) is 0 Å². The molecule has 0 saturated heterocycles. The van der Waals surface area contributed by atoms with E-state index in [1.165, 1.54) is 0 Å². The summed E-state index contributed by atoms with van der Waals surface area (Å²) in [5, 5.41) is 10.4. The van der Waals surface area contributed by atoms with Gasteiger partial charge in [-0.05, 0) is 0 Å². The van der Waals surface area contributed by atoms with Crippen LogP contribution in [0.15, 0.2) is 54.6 Å². The Bertz CT molecular complexity index is 583. The molecule has 0 fully saturated rings. The first-order valence-corrected chi connectivity index (χ1v) is 10.0. The van der Waals surface area contributed by atoms with Crippen LogP contribution in [-0.4, -0.2) is 23.0 Å². The summed E-state index contributed by atoms with van der Waals surface area (Å²) in [7, 11) is 0. The number of benzene rings is 2. The third-order valence-electron chi connectivity index (χ3n) is 2.83. The Morgan fingerprint density at radius 3 is 2.21 bits per heavy atom. The second-order valence-corrected chi connectivity index (χ2v) is 9.52.